The van der Waals surface area contributed by atoms with E-state index in [1.165, 1.54) is 24.3 Å². The van der Waals surface area contributed by atoms with Crippen molar-refractivity contribution >= 4 is 23.6 Å². The van der Waals surface area contributed by atoms with Gasteiger partial charge in [-0.05, 0) is 64.6 Å². The first-order valence-corrected chi connectivity index (χ1v) is 9.95. The van der Waals surface area contributed by atoms with Crippen molar-refractivity contribution in [2.45, 2.75) is 51.4 Å². The molecule has 1 N–H and O–H groups in total. The fourth-order valence-corrected chi connectivity index (χ4v) is 3.91. The van der Waals surface area contributed by atoms with Crippen molar-refractivity contribution in [2.75, 3.05) is 12.4 Å². The lowest BCUT2D eigenvalue weighted by Crippen LogP contribution is -2.34. The smallest absolute Gasteiger partial charge is 0.330 e. The second kappa shape index (κ2) is 7.86. The molecule has 0 atom stereocenters. The van der Waals surface area contributed by atoms with Gasteiger partial charge in [-0.2, -0.15) is 0 Å². The van der Waals surface area contributed by atoms with Crippen LogP contribution in [0.4, 0.5) is 5.69 Å². The van der Waals surface area contributed by atoms with Gasteiger partial charge in [-0.1, -0.05) is 52.0 Å². The van der Waals surface area contributed by atoms with Crippen LogP contribution in [0.1, 0.15) is 67.6 Å². The van der Waals surface area contributed by atoms with Gasteiger partial charge in [0.25, 0.3) is 5.91 Å². The maximum Gasteiger partial charge on any atom is 0.330 e. The predicted octanol–water partition coefficient (Wildman–Crippen LogP) is 5.47. The average molecular weight is 392 g/mol. The molecule has 0 aliphatic heterocycles. The molecule has 1 amide bonds. The standard InChI is InChI=1S/C25H29NO3/c1-24(2)14-15-25(3,4)20-16-18(10-12-19(20)24)23(28)26-21-9-7-6-8-17(21)11-13-22(27)29-5/h6-13,16H,14-15H2,1-5H3,(H,26,28)/b13-11+. The van der Waals surface area contributed by atoms with E-state index in [4.69, 9.17) is 0 Å². The van der Waals surface area contributed by atoms with Gasteiger partial charge < -0.3 is 10.1 Å². The van der Waals surface area contributed by atoms with E-state index in [1.807, 2.05) is 36.4 Å². The van der Waals surface area contributed by atoms with Crippen LogP contribution in [-0.2, 0) is 20.4 Å². The Morgan fingerprint density at radius 3 is 2.31 bits per heavy atom. The van der Waals surface area contributed by atoms with Crippen molar-refractivity contribution in [2.24, 2.45) is 0 Å². The SMILES string of the molecule is COC(=O)/C=C/c1ccccc1NC(=O)c1ccc2c(c1)C(C)(C)CCC2(C)C. The Hall–Kier alpha value is -2.88. The summed E-state index contributed by atoms with van der Waals surface area (Å²) in [5, 5.41) is 2.98. The van der Waals surface area contributed by atoms with E-state index >= 15 is 0 Å². The first kappa shape index (κ1) is 20.8. The molecule has 0 aromatic heterocycles. The van der Waals surface area contributed by atoms with Crippen molar-refractivity contribution in [1.29, 1.82) is 0 Å². The van der Waals surface area contributed by atoms with Gasteiger partial charge in [0.1, 0.15) is 0 Å². The number of esters is 1. The second-order valence-corrected chi connectivity index (χ2v) is 8.93. The Labute approximate surface area is 173 Å². The zero-order valence-electron chi connectivity index (χ0n) is 17.8. The number of carbonyl (C=O) groups excluding carboxylic acids is 2. The molecule has 0 radical (unpaired) electrons. The number of ether oxygens (including phenoxy) is 1. The van der Waals surface area contributed by atoms with Gasteiger partial charge >= 0.3 is 5.97 Å². The fraction of sp³-hybridized carbons (Fsp3) is 0.360. The van der Waals surface area contributed by atoms with E-state index in [0.29, 0.717) is 11.3 Å². The lowest BCUT2D eigenvalue weighted by atomic mass is 9.63. The summed E-state index contributed by atoms with van der Waals surface area (Å²) in [5.74, 6) is -0.600. The number of amides is 1. The first-order chi connectivity index (χ1) is 13.6. The summed E-state index contributed by atoms with van der Waals surface area (Å²) in [4.78, 5) is 24.4. The highest BCUT2D eigenvalue weighted by atomic mass is 16.5. The van der Waals surface area contributed by atoms with Gasteiger partial charge in [0.2, 0.25) is 0 Å². The summed E-state index contributed by atoms with van der Waals surface area (Å²) < 4.78 is 4.64. The summed E-state index contributed by atoms with van der Waals surface area (Å²) in [6.07, 6.45) is 5.21. The Morgan fingerprint density at radius 2 is 1.62 bits per heavy atom. The number of hydrogen-bond acceptors (Lipinski definition) is 3. The van der Waals surface area contributed by atoms with Crippen LogP contribution in [0.5, 0.6) is 0 Å². The predicted molar refractivity (Wildman–Crippen MR) is 117 cm³/mol. The van der Waals surface area contributed by atoms with E-state index in [2.05, 4.69) is 43.8 Å². The van der Waals surface area contributed by atoms with Crippen molar-refractivity contribution in [3.8, 4) is 0 Å². The molecule has 0 saturated heterocycles. The number of carbonyl (C=O) groups is 2. The molecule has 4 heteroatoms. The molecular formula is C25H29NO3. The molecule has 2 aromatic carbocycles. The summed E-state index contributed by atoms with van der Waals surface area (Å²) >= 11 is 0. The van der Waals surface area contributed by atoms with Crippen molar-refractivity contribution < 1.29 is 14.3 Å². The molecule has 0 unspecified atom stereocenters. The highest BCUT2D eigenvalue weighted by molar-refractivity contribution is 6.05. The first-order valence-electron chi connectivity index (χ1n) is 9.95. The minimum absolute atomic E-state index is 0.0440. The van der Waals surface area contributed by atoms with Crippen LogP contribution in [0.15, 0.2) is 48.5 Å². The molecule has 1 aliphatic carbocycles. The third-order valence-corrected chi connectivity index (χ3v) is 5.92. The van der Waals surface area contributed by atoms with Crippen LogP contribution in [0, 0.1) is 0 Å². The largest absolute Gasteiger partial charge is 0.466 e. The van der Waals surface area contributed by atoms with Gasteiger partial charge in [-0.15, -0.1) is 0 Å². The van der Waals surface area contributed by atoms with Crippen molar-refractivity contribution in [3.05, 3.63) is 70.8 Å². The number of methoxy groups -OCH3 is 1. The monoisotopic (exact) mass is 391 g/mol. The summed E-state index contributed by atoms with van der Waals surface area (Å²) in [6.45, 7) is 9.03. The number of benzene rings is 2. The highest BCUT2D eigenvalue weighted by Crippen LogP contribution is 2.45. The van der Waals surface area contributed by atoms with Gasteiger partial charge in [0.05, 0.1) is 7.11 Å². The van der Waals surface area contributed by atoms with E-state index in [1.54, 1.807) is 6.08 Å². The van der Waals surface area contributed by atoms with Crippen LogP contribution in [-0.4, -0.2) is 19.0 Å². The van der Waals surface area contributed by atoms with Gasteiger partial charge in [-0.3, -0.25) is 4.79 Å². The van der Waals surface area contributed by atoms with Crippen LogP contribution < -0.4 is 5.32 Å². The summed E-state index contributed by atoms with van der Waals surface area (Å²) in [6, 6.07) is 13.4. The van der Waals surface area contributed by atoms with Crippen LogP contribution in [0.3, 0.4) is 0 Å². The van der Waals surface area contributed by atoms with E-state index in [-0.39, 0.29) is 16.7 Å². The maximum atomic E-state index is 13.0. The molecule has 0 bridgehead atoms. The average Bonchev–Trinajstić information content (AvgIpc) is 2.70. The number of fused-ring (bicyclic) bond motifs is 1. The molecule has 0 saturated carbocycles. The second-order valence-electron chi connectivity index (χ2n) is 8.93. The summed E-state index contributed by atoms with van der Waals surface area (Å²) in [7, 11) is 1.33. The van der Waals surface area contributed by atoms with E-state index in [0.717, 1.165) is 18.4 Å². The Morgan fingerprint density at radius 1 is 0.966 bits per heavy atom. The van der Waals surface area contributed by atoms with E-state index < -0.39 is 5.97 Å². The highest BCUT2D eigenvalue weighted by Gasteiger charge is 2.37. The molecule has 4 nitrogen and oxygen atoms in total. The number of para-hydroxylation sites is 1. The zero-order chi connectivity index (χ0) is 21.2. The topological polar surface area (TPSA) is 55.4 Å². The van der Waals surface area contributed by atoms with Crippen molar-refractivity contribution in [1.82, 2.24) is 0 Å². The lowest BCUT2D eigenvalue weighted by Gasteiger charge is -2.42. The molecule has 1 aliphatic rings. The van der Waals surface area contributed by atoms with Crippen LogP contribution in [0.2, 0.25) is 0 Å². The van der Waals surface area contributed by atoms with Gasteiger partial charge in [-0.25, -0.2) is 4.79 Å². The number of hydrogen-bond donors (Lipinski definition) is 1. The van der Waals surface area contributed by atoms with E-state index in [9.17, 15) is 9.59 Å². The zero-order valence-corrected chi connectivity index (χ0v) is 17.8. The number of anilines is 1. The molecule has 29 heavy (non-hydrogen) atoms. The fourth-order valence-electron chi connectivity index (χ4n) is 3.91. The Kier molecular flexibility index (Phi) is 5.65. The summed E-state index contributed by atoms with van der Waals surface area (Å²) in [5.41, 5.74) is 4.77. The van der Waals surface area contributed by atoms with Gasteiger partial charge in [0, 0.05) is 17.3 Å². The minimum Gasteiger partial charge on any atom is -0.466 e. The Bertz CT molecular complexity index is 970. The molecule has 3 rings (SSSR count). The number of nitrogens with one attached hydrogen (secondary N) is 1. The molecule has 2 aromatic rings. The molecule has 152 valence electrons. The lowest BCUT2D eigenvalue weighted by molar-refractivity contribution is -0.134. The molecule has 0 fully saturated rings. The van der Waals surface area contributed by atoms with Crippen LogP contribution >= 0.6 is 0 Å². The minimum atomic E-state index is -0.439. The normalized spacial score (nSPS) is 16.9. The molecular weight excluding hydrogens is 362 g/mol. The Balaban J connectivity index is 1.90. The third-order valence-electron chi connectivity index (χ3n) is 5.92. The number of rotatable bonds is 4. The third kappa shape index (κ3) is 4.42. The molecule has 0 heterocycles. The maximum absolute atomic E-state index is 13.0. The van der Waals surface area contributed by atoms with Gasteiger partial charge in [0.15, 0.2) is 0 Å². The van der Waals surface area contributed by atoms with Crippen molar-refractivity contribution in [3.63, 3.8) is 0 Å². The quantitative estimate of drug-likeness (QED) is 0.555. The van der Waals surface area contributed by atoms with Crippen LogP contribution in [0.25, 0.3) is 6.08 Å². The molecule has 0 spiro atoms.